The molecule has 0 aliphatic heterocycles. The molecule has 0 atom stereocenters. The minimum atomic E-state index is -0.838. The number of rotatable bonds is 8. The van der Waals surface area contributed by atoms with Crippen molar-refractivity contribution in [3.8, 4) is 0 Å². The molecule has 0 bridgehead atoms. The molecule has 24 heavy (non-hydrogen) atoms. The predicted molar refractivity (Wildman–Crippen MR) is 96.6 cm³/mol. The first-order valence-electron chi connectivity index (χ1n) is 7.82. The molecule has 0 aliphatic carbocycles. The van der Waals surface area contributed by atoms with Gasteiger partial charge >= 0.3 is 5.97 Å². The maximum absolute atomic E-state index is 12.6. The first kappa shape index (κ1) is 18.2. The summed E-state index contributed by atoms with van der Waals surface area (Å²) in [4.78, 5) is 25.1. The summed E-state index contributed by atoms with van der Waals surface area (Å²) in [5, 5.41) is 8.81. The molecule has 126 valence electrons. The zero-order valence-corrected chi connectivity index (χ0v) is 14.9. The van der Waals surface area contributed by atoms with Crippen molar-refractivity contribution in [1.29, 1.82) is 0 Å². The largest absolute Gasteiger partial charge is 0.481 e. The Labute approximate surface area is 150 Å². The number of hydrogen-bond donors (Lipinski definition) is 1. The molecule has 0 fully saturated rings. The first-order valence-corrected chi connectivity index (χ1v) is 8.62. The van der Waals surface area contributed by atoms with Gasteiger partial charge in [-0.2, -0.15) is 0 Å². The van der Waals surface area contributed by atoms with Crippen LogP contribution in [-0.4, -0.2) is 28.4 Å². The van der Waals surface area contributed by atoms with Crippen molar-refractivity contribution >= 4 is 27.8 Å². The van der Waals surface area contributed by atoms with Crippen molar-refractivity contribution in [3.05, 3.63) is 70.2 Å². The van der Waals surface area contributed by atoms with Crippen molar-refractivity contribution in [2.24, 2.45) is 0 Å². The molecule has 1 amide bonds. The number of carboxylic acids is 1. The van der Waals surface area contributed by atoms with E-state index in [0.717, 1.165) is 15.6 Å². The number of aliphatic carboxylic acids is 1. The Kier molecular flexibility index (Phi) is 7.00. The van der Waals surface area contributed by atoms with Gasteiger partial charge < -0.3 is 10.0 Å². The molecule has 0 heterocycles. The fourth-order valence-electron chi connectivity index (χ4n) is 2.41. The summed E-state index contributed by atoms with van der Waals surface area (Å²) >= 11 is 3.38. The van der Waals surface area contributed by atoms with Crippen LogP contribution in [0, 0.1) is 0 Å². The Bertz CT molecular complexity index is 671. The van der Waals surface area contributed by atoms with Gasteiger partial charge in [0.15, 0.2) is 0 Å². The molecule has 0 saturated heterocycles. The van der Waals surface area contributed by atoms with Crippen LogP contribution in [0.3, 0.4) is 0 Å². The first-order chi connectivity index (χ1) is 11.5. The van der Waals surface area contributed by atoms with Gasteiger partial charge in [0.2, 0.25) is 5.91 Å². The van der Waals surface area contributed by atoms with Crippen LogP contribution in [0.5, 0.6) is 0 Å². The molecular formula is C19H20BrNO3. The Balaban J connectivity index is 2.03. The fraction of sp³-hybridized carbons (Fsp3) is 0.263. The van der Waals surface area contributed by atoms with Crippen LogP contribution < -0.4 is 0 Å². The quantitative estimate of drug-likeness (QED) is 0.744. The maximum atomic E-state index is 12.6. The van der Waals surface area contributed by atoms with Crippen molar-refractivity contribution in [2.45, 2.75) is 25.8 Å². The molecule has 5 heteroatoms. The molecular weight excluding hydrogens is 370 g/mol. The Hall–Kier alpha value is -2.14. The van der Waals surface area contributed by atoms with Gasteiger partial charge in [-0.25, -0.2) is 0 Å². The average molecular weight is 390 g/mol. The van der Waals surface area contributed by atoms with E-state index >= 15 is 0 Å². The summed E-state index contributed by atoms with van der Waals surface area (Å²) in [6.45, 7) is 0.937. The third-order valence-corrected chi connectivity index (χ3v) is 4.18. The van der Waals surface area contributed by atoms with Gasteiger partial charge in [-0.05, 0) is 29.7 Å². The Morgan fingerprint density at radius 1 is 0.958 bits per heavy atom. The van der Waals surface area contributed by atoms with Gasteiger partial charge in [0.1, 0.15) is 0 Å². The van der Waals surface area contributed by atoms with Gasteiger partial charge in [-0.15, -0.1) is 0 Å². The fourth-order valence-corrected chi connectivity index (χ4v) is 2.67. The minimum Gasteiger partial charge on any atom is -0.481 e. The van der Waals surface area contributed by atoms with E-state index in [9.17, 15) is 9.59 Å². The summed E-state index contributed by atoms with van der Waals surface area (Å²) in [5.41, 5.74) is 1.98. The monoisotopic (exact) mass is 389 g/mol. The van der Waals surface area contributed by atoms with Crippen LogP contribution in [0.4, 0.5) is 0 Å². The lowest BCUT2D eigenvalue weighted by Crippen LogP contribution is -2.33. The highest BCUT2D eigenvalue weighted by Crippen LogP contribution is 2.13. The Morgan fingerprint density at radius 2 is 1.62 bits per heavy atom. The summed E-state index contributed by atoms with van der Waals surface area (Å²) < 4.78 is 0.973. The second-order valence-electron chi connectivity index (χ2n) is 5.60. The smallest absolute Gasteiger partial charge is 0.303 e. The average Bonchev–Trinajstić information content (AvgIpc) is 2.56. The van der Waals surface area contributed by atoms with E-state index in [0.29, 0.717) is 25.9 Å². The second-order valence-corrected chi connectivity index (χ2v) is 6.52. The van der Waals surface area contributed by atoms with Crippen molar-refractivity contribution in [1.82, 2.24) is 4.90 Å². The number of nitrogens with zero attached hydrogens (tertiary/aromatic N) is 1. The molecule has 2 aromatic carbocycles. The molecule has 4 nitrogen and oxygen atoms in total. The molecule has 0 spiro atoms. The highest BCUT2D eigenvalue weighted by molar-refractivity contribution is 9.10. The van der Waals surface area contributed by atoms with E-state index in [1.165, 1.54) is 0 Å². The number of amides is 1. The molecule has 0 unspecified atom stereocenters. The normalized spacial score (nSPS) is 10.4. The summed E-state index contributed by atoms with van der Waals surface area (Å²) in [5.74, 6) is -0.832. The van der Waals surface area contributed by atoms with Crippen molar-refractivity contribution in [3.63, 3.8) is 0 Å². The van der Waals surface area contributed by atoms with Crippen molar-refractivity contribution < 1.29 is 14.7 Å². The van der Waals surface area contributed by atoms with Gasteiger partial charge in [-0.1, -0.05) is 58.4 Å². The zero-order chi connectivity index (χ0) is 17.4. The van der Waals surface area contributed by atoms with E-state index < -0.39 is 5.97 Å². The highest BCUT2D eigenvalue weighted by Gasteiger charge is 2.15. The third kappa shape index (κ3) is 6.16. The van der Waals surface area contributed by atoms with Crippen LogP contribution in [0.15, 0.2) is 59.1 Å². The van der Waals surface area contributed by atoms with Gasteiger partial charge in [0.05, 0.1) is 6.42 Å². The van der Waals surface area contributed by atoms with Crippen LogP contribution >= 0.6 is 15.9 Å². The number of halogens is 1. The lowest BCUT2D eigenvalue weighted by Gasteiger charge is -2.23. The molecule has 2 aromatic rings. The number of benzene rings is 2. The van der Waals surface area contributed by atoms with Crippen LogP contribution in [0.2, 0.25) is 0 Å². The topological polar surface area (TPSA) is 57.6 Å². The lowest BCUT2D eigenvalue weighted by atomic mass is 10.1. The molecule has 0 radical (unpaired) electrons. The van der Waals surface area contributed by atoms with Crippen LogP contribution in [0.1, 0.15) is 24.0 Å². The Morgan fingerprint density at radius 3 is 2.25 bits per heavy atom. The van der Waals surface area contributed by atoms with Gasteiger partial charge in [0, 0.05) is 24.0 Å². The van der Waals surface area contributed by atoms with E-state index in [2.05, 4.69) is 15.9 Å². The number of carboxylic acid groups (broad SMARTS) is 1. The predicted octanol–water partition coefficient (Wildman–Crippen LogP) is 3.89. The molecule has 0 saturated carbocycles. The standard InChI is InChI=1S/C19H20BrNO3/c20-17-10-8-15(9-11-17)13-18(22)21(12-4-7-19(23)24)14-16-5-2-1-3-6-16/h1-3,5-6,8-11H,4,7,12-14H2,(H,23,24). The molecule has 1 N–H and O–H groups in total. The summed E-state index contributed by atoms with van der Waals surface area (Å²) in [7, 11) is 0. The number of carbonyl (C=O) groups is 2. The van der Waals surface area contributed by atoms with Crippen molar-refractivity contribution in [2.75, 3.05) is 6.54 Å². The highest BCUT2D eigenvalue weighted by atomic mass is 79.9. The lowest BCUT2D eigenvalue weighted by molar-refractivity contribution is -0.138. The molecule has 0 aromatic heterocycles. The van der Waals surface area contributed by atoms with Gasteiger partial charge in [0.25, 0.3) is 0 Å². The van der Waals surface area contributed by atoms with Gasteiger partial charge in [-0.3, -0.25) is 9.59 Å². The summed E-state index contributed by atoms with van der Waals surface area (Å²) in [6, 6.07) is 17.4. The van der Waals surface area contributed by atoms with E-state index in [1.807, 2.05) is 54.6 Å². The SMILES string of the molecule is O=C(O)CCCN(Cc1ccccc1)C(=O)Cc1ccc(Br)cc1. The second kappa shape index (κ2) is 9.23. The molecule has 0 aliphatic rings. The zero-order valence-electron chi connectivity index (χ0n) is 13.3. The third-order valence-electron chi connectivity index (χ3n) is 3.66. The van der Waals surface area contributed by atoms with E-state index in [-0.39, 0.29) is 12.3 Å². The van der Waals surface area contributed by atoms with Crippen LogP contribution in [0.25, 0.3) is 0 Å². The van der Waals surface area contributed by atoms with E-state index in [1.54, 1.807) is 4.90 Å². The number of hydrogen-bond acceptors (Lipinski definition) is 2. The van der Waals surface area contributed by atoms with Crippen LogP contribution in [-0.2, 0) is 22.6 Å². The summed E-state index contributed by atoms with van der Waals surface area (Å²) in [6.07, 6.45) is 0.832. The minimum absolute atomic E-state index is 0.00608. The van der Waals surface area contributed by atoms with E-state index in [4.69, 9.17) is 5.11 Å². The molecule has 2 rings (SSSR count). The maximum Gasteiger partial charge on any atom is 0.303 e. The number of carbonyl (C=O) groups excluding carboxylic acids is 1.